The van der Waals surface area contributed by atoms with Crippen LogP contribution in [0.15, 0.2) is 60.7 Å². The van der Waals surface area contributed by atoms with Crippen LogP contribution in [0, 0.1) is 0 Å². The number of carbonyl (C=O) groups is 1. The Hall–Kier alpha value is -1.82. The van der Waals surface area contributed by atoms with E-state index in [-0.39, 0.29) is 5.91 Å². The monoisotopic (exact) mass is 431 g/mol. The quantitative estimate of drug-likeness (QED) is 0.679. The van der Waals surface area contributed by atoms with Gasteiger partial charge in [0.15, 0.2) is 0 Å². The first-order chi connectivity index (χ1) is 12.2. The number of alkyl halides is 3. The van der Waals surface area contributed by atoms with E-state index in [0.29, 0.717) is 5.69 Å². The maximum absolute atomic E-state index is 12.8. The van der Waals surface area contributed by atoms with Gasteiger partial charge in [0.2, 0.25) is 0 Å². The Labute approximate surface area is 157 Å². The zero-order valence-electron chi connectivity index (χ0n) is 14.4. The normalized spacial score (nSPS) is 13.3. The van der Waals surface area contributed by atoms with E-state index in [4.69, 9.17) is 4.74 Å². The molecule has 7 heteroatoms. The summed E-state index contributed by atoms with van der Waals surface area (Å²) in [5, 5.41) is 2.78. The van der Waals surface area contributed by atoms with E-state index in [9.17, 15) is 18.0 Å². The van der Waals surface area contributed by atoms with Gasteiger partial charge in [-0.2, -0.15) is 0 Å². The summed E-state index contributed by atoms with van der Waals surface area (Å²) in [6.45, 7) is 1.66. The Morgan fingerprint density at radius 3 is 2.12 bits per heavy atom. The molecule has 0 spiro atoms. The number of carbonyl (C=O) groups excluding carboxylic acids is 1. The molecule has 26 heavy (non-hydrogen) atoms. The summed E-state index contributed by atoms with van der Waals surface area (Å²) < 4.78 is 43.8. The van der Waals surface area contributed by atoms with Crippen LogP contribution in [-0.2, 0) is 9.53 Å². The second-order valence-corrected chi connectivity index (χ2v) is 8.65. The van der Waals surface area contributed by atoms with Crippen LogP contribution in [0.2, 0.25) is 4.82 Å². The van der Waals surface area contributed by atoms with Crippen molar-refractivity contribution in [1.82, 2.24) is 0 Å². The fraction of sp³-hybridized carbons (Fsp3) is 0.316. The Balaban J connectivity index is 2.21. The molecule has 1 atom stereocenters. The molecule has 2 aromatic carbocycles. The molecule has 0 aliphatic heterocycles. The zero-order chi connectivity index (χ0) is 19.2. The number of hydrogen-bond acceptors (Lipinski definition) is 2. The number of ether oxygens (including phenoxy) is 1. The van der Waals surface area contributed by atoms with Gasteiger partial charge in [-0.3, -0.25) is 0 Å². The van der Waals surface area contributed by atoms with Crippen molar-refractivity contribution in [3.8, 4) is 0 Å². The SMILES string of the molecule is CC(C)(OCC(F)(F)F)C([Se]c1ccccc1)C(=O)Nc1ccccc1. The molecule has 0 aliphatic rings. The maximum atomic E-state index is 12.8. The number of amides is 1. The van der Waals surface area contributed by atoms with Crippen molar-refractivity contribution in [2.75, 3.05) is 11.9 Å². The first-order valence-electron chi connectivity index (χ1n) is 7.96. The van der Waals surface area contributed by atoms with Crippen molar-refractivity contribution in [1.29, 1.82) is 0 Å². The summed E-state index contributed by atoms with van der Waals surface area (Å²) in [5.74, 6) is -0.354. The van der Waals surface area contributed by atoms with Gasteiger partial charge >= 0.3 is 157 Å². The van der Waals surface area contributed by atoms with Crippen molar-refractivity contribution < 1.29 is 22.7 Å². The number of hydrogen-bond donors (Lipinski definition) is 1. The average molecular weight is 430 g/mol. The molecule has 0 radical (unpaired) electrons. The Morgan fingerprint density at radius 1 is 1.04 bits per heavy atom. The van der Waals surface area contributed by atoms with Crippen LogP contribution < -0.4 is 9.78 Å². The second kappa shape index (κ2) is 8.71. The van der Waals surface area contributed by atoms with Crippen molar-refractivity contribution in [2.24, 2.45) is 0 Å². The van der Waals surface area contributed by atoms with E-state index in [1.807, 2.05) is 36.4 Å². The molecule has 1 amide bonds. The summed E-state index contributed by atoms with van der Waals surface area (Å²) >= 11 is -0.408. The average Bonchev–Trinajstić information content (AvgIpc) is 2.59. The van der Waals surface area contributed by atoms with Gasteiger partial charge in [0.05, 0.1) is 0 Å². The molecule has 0 aromatic heterocycles. The van der Waals surface area contributed by atoms with Crippen LogP contribution in [0.5, 0.6) is 0 Å². The van der Waals surface area contributed by atoms with Gasteiger partial charge < -0.3 is 0 Å². The van der Waals surface area contributed by atoms with Crippen LogP contribution in [0.4, 0.5) is 18.9 Å². The predicted octanol–water partition coefficient (Wildman–Crippen LogP) is 3.80. The topological polar surface area (TPSA) is 38.3 Å². The molecule has 140 valence electrons. The molecular formula is C19H20F3NO2Se. The van der Waals surface area contributed by atoms with Crippen LogP contribution in [-0.4, -0.2) is 39.2 Å². The molecule has 0 saturated carbocycles. The summed E-state index contributed by atoms with van der Waals surface area (Å²) in [6, 6.07) is 18.1. The van der Waals surface area contributed by atoms with Gasteiger partial charge in [-0.1, -0.05) is 0 Å². The van der Waals surface area contributed by atoms with Crippen molar-refractivity contribution in [2.45, 2.75) is 30.4 Å². The first-order valence-corrected chi connectivity index (χ1v) is 9.80. The molecule has 3 nitrogen and oxygen atoms in total. The molecule has 0 heterocycles. The molecule has 1 N–H and O–H groups in total. The van der Waals surface area contributed by atoms with E-state index < -0.39 is 38.2 Å². The molecule has 2 aromatic rings. The number of anilines is 1. The zero-order valence-corrected chi connectivity index (χ0v) is 16.1. The summed E-state index contributed by atoms with van der Waals surface area (Å²) in [4.78, 5) is 12.1. The van der Waals surface area contributed by atoms with Gasteiger partial charge in [0.25, 0.3) is 0 Å². The Bertz CT molecular complexity index is 706. The fourth-order valence-electron chi connectivity index (χ4n) is 2.22. The third-order valence-electron chi connectivity index (χ3n) is 3.52. The van der Waals surface area contributed by atoms with E-state index in [0.717, 1.165) is 4.46 Å². The third-order valence-corrected chi connectivity index (χ3v) is 6.79. The number of benzene rings is 2. The van der Waals surface area contributed by atoms with Crippen LogP contribution in [0.25, 0.3) is 0 Å². The molecular weight excluding hydrogens is 410 g/mol. The Kier molecular flexibility index (Phi) is 6.87. The van der Waals surface area contributed by atoms with Gasteiger partial charge in [-0.25, -0.2) is 0 Å². The number of para-hydroxylation sites is 1. The van der Waals surface area contributed by atoms with Crippen LogP contribution >= 0.6 is 0 Å². The fourth-order valence-corrected chi connectivity index (χ4v) is 4.54. The minimum atomic E-state index is -4.45. The second-order valence-electron chi connectivity index (χ2n) is 6.17. The third kappa shape index (κ3) is 6.48. The van der Waals surface area contributed by atoms with E-state index >= 15 is 0 Å². The van der Waals surface area contributed by atoms with Gasteiger partial charge in [0.1, 0.15) is 0 Å². The van der Waals surface area contributed by atoms with Crippen molar-refractivity contribution in [3.63, 3.8) is 0 Å². The first kappa shape index (κ1) is 20.5. The van der Waals surface area contributed by atoms with Crippen LogP contribution in [0.3, 0.4) is 0 Å². The molecule has 0 saturated heterocycles. The summed E-state index contributed by atoms with van der Waals surface area (Å²) in [7, 11) is 0. The molecule has 0 fully saturated rings. The number of rotatable bonds is 7. The molecule has 0 bridgehead atoms. The van der Waals surface area contributed by atoms with Crippen molar-refractivity contribution >= 4 is 31.0 Å². The number of nitrogens with one attached hydrogen (secondary N) is 1. The standard InChI is InChI=1S/C19H20F3NO2Se/c1-18(2,25-13-19(20,21)22)16(26-15-11-7-4-8-12-15)17(24)23-14-9-5-3-6-10-14/h3-12,16H,13H2,1-2H3,(H,23,24). The van der Waals surface area contributed by atoms with Gasteiger partial charge in [0, 0.05) is 0 Å². The number of halogens is 3. The molecule has 2 rings (SSSR count). The van der Waals surface area contributed by atoms with Gasteiger partial charge in [-0.15, -0.1) is 0 Å². The minimum absolute atomic E-state index is 0.354. The Morgan fingerprint density at radius 2 is 1.58 bits per heavy atom. The van der Waals surface area contributed by atoms with E-state index in [2.05, 4.69) is 5.32 Å². The van der Waals surface area contributed by atoms with E-state index in [1.165, 1.54) is 13.8 Å². The molecule has 0 aliphatic carbocycles. The van der Waals surface area contributed by atoms with Crippen molar-refractivity contribution in [3.05, 3.63) is 60.7 Å². The van der Waals surface area contributed by atoms with Gasteiger partial charge in [-0.05, 0) is 0 Å². The van der Waals surface area contributed by atoms with Crippen LogP contribution in [0.1, 0.15) is 13.8 Å². The summed E-state index contributed by atoms with van der Waals surface area (Å²) in [5.41, 5.74) is -0.678. The molecule has 1 unspecified atom stereocenters. The summed E-state index contributed by atoms with van der Waals surface area (Å²) in [6.07, 6.45) is -4.45. The predicted molar refractivity (Wildman–Crippen MR) is 96.7 cm³/mol. The van der Waals surface area contributed by atoms with E-state index in [1.54, 1.807) is 24.3 Å².